The minimum atomic E-state index is -3.34. The molecule has 8 heteroatoms. The van der Waals surface area contributed by atoms with Crippen LogP contribution in [0, 0.1) is 5.82 Å². The number of hydrogen-bond acceptors (Lipinski definition) is 6. The molecule has 0 saturated carbocycles. The van der Waals surface area contributed by atoms with E-state index in [-0.39, 0.29) is 23.3 Å². The van der Waals surface area contributed by atoms with E-state index < -0.39 is 15.1 Å². The fourth-order valence-corrected chi connectivity index (χ4v) is 3.98. The molecule has 1 aromatic heterocycles. The molecule has 1 fully saturated rings. The zero-order chi connectivity index (χ0) is 15.6. The molecule has 1 aliphatic heterocycles. The Morgan fingerprint density at radius 2 is 1.86 bits per heavy atom. The maximum atomic E-state index is 12.9. The van der Waals surface area contributed by atoms with Gasteiger partial charge in [0.15, 0.2) is 15.7 Å². The second kappa shape index (κ2) is 6.13. The fourth-order valence-electron chi connectivity index (χ4n) is 2.36. The number of benzene rings is 1. The molecule has 3 rings (SSSR count). The van der Waals surface area contributed by atoms with Gasteiger partial charge in [0, 0.05) is 18.8 Å². The minimum absolute atomic E-state index is 0.116. The number of ether oxygens (including phenoxy) is 1. The van der Waals surface area contributed by atoms with Gasteiger partial charge in [-0.05, 0) is 37.1 Å². The highest BCUT2D eigenvalue weighted by Gasteiger charge is 2.29. The molecule has 0 N–H and O–H groups in total. The lowest BCUT2D eigenvalue weighted by Crippen LogP contribution is -2.30. The first-order valence-corrected chi connectivity index (χ1v) is 8.64. The zero-order valence-corrected chi connectivity index (χ0v) is 12.6. The van der Waals surface area contributed by atoms with E-state index in [2.05, 4.69) is 10.1 Å². The number of aromatic nitrogens is 2. The van der Waals surface area contributed by atoms with Gasteiger partial charge in [0.1, 0.15) is 11.6 Å². The highest BCUT2D eigenvalue weighted by molar-refractivity contribution is 7.91. The standard InChI is InChI=1S/C14H15FN2O4S/c15-11-3-1-10(2-4-11)14-16-13(17-21-14)9-22(18,19)12-5-7-20-8-6-12/h1-4,12H,5-9H2. The molecule has 0 bridgehead atoms. The van der Waals surface area contributed by atoms with E-state index in [0.717, 1.165) is 0 Å². The van der Waals surface area contributed by atoms with Gasteiger partial charge in [-0.15, -0.1) is 0 Å². The van der Waals surface area contributed by atoms with Crippen LogP contribution in [-0.4, -0.2) is 37.0 Å². The molecule has 6 nitrogen and oxygen atoms in total. The maximum Gasteiger partial charge on any atom is 0.257 e. The number of halogens is 1. The summed E-state index contributed by atoms with van der Waals surface area (Å²) < 4.78 is 47.7. The van der Waals surface area contributed by atoms with Crippen molar-refractivity contribution in [1.82, 2.24) is 10.1 Å². The van der Waals surface area contributed by atoms with E-state index in [1.54, 1.807) is 0 Å². The maximum absolute atomic E-state index is 12.9. The Bertz CT molecular complexity index is 736. The van der Waals surface area contributed by atoms with E-state index >= 15 is 0 Å². The van der Waals surface area contributed by atoms with Crippen molar-refractivity contribution in [3.8, 4) is 11.5 Å². The summed E-state index contributed by atoms with van der Waals surface area (Å²) in [5, 5.41) is 3.28. The summed E-state index contributed by atoms with van der Waals surface area (Å²) in [4.78, 5) is 4.08. The molecule has 0 amide bonds. The van der Waals surface area contributed by atoms with Crippen LogP contribution < -0.4 is 0 Å². The molecule has 0 unspecified atom stereocenters. The van der Waals surface area contributed by atoms with Crippen LogP contribution in [0.1, 0.15) is 18.7 Å². The van der Waals surface area contributed by atoms with Crippen molar-refractivity contribution in [2.75, 3.05) is 13.2 Å². The van der Waals surface area contributed by atoms with E-state index in [4.69, 9.17) is 9.26 Å². The highest BCUT2D eigenvalue weighted by Crippen LogP contribution is 2.21. The van der Waals surface area contributed by atoms with Crippen LogP contribution in [0.4, 0.5) is 4.39 Å². The lowest BCUT2D eigenvalue weighted by Gasteiger charge is -2.21. The molecule has 0 atom stereocenters. The highest BCUT2D eigenvalue weighted by atomic mass is 32.2. The SMILES string of the molecule is O=S(=O)(Cc1noc(-c2ccc(F)cc2)n1)C1CCOCC1. The van der Waals surface area contributed by atoms with Crippen LogP contribution in [0.25, 0.3) is 11.5 Å². The van der Waals surface area contributed by atoms with Gasteiger partial charge in [0.2, 0.25) is 0 Å². The monoisotopic (exact) mass is 326 g/mol. The average Bonchev–Trinajstić information content (AvgIpc) is 2.97. The van der Waals surface area contributed by atoms with E-state index in [9.17, 15) is 12.8 Å². The molecule has 0 aliphatic carbocycles. The lowest BCUT2D eigenvalue weighted by molar-refractivity contribution is 0.0983. The Kier molecular flexibility index (Phi) is 4.21. The van der Waals surface area contributed by atoms with Crippen LogP contribution in [0.5, 0.6) is 0 Å². The summed E-state index contributed by atoms with van der Waals surface area (Å²) in [7, 11) is -3.34. The first kappa shape index (κ1) is 15.1. The van der Waals surface area contributed by atoms with Crippen molar-refractivity contribution in [3.63, 3.8) is 0 Å². The van der Waals surface area contributed by atoms with Gasteiger partial charge in [-0.1, -0.05) is 5.16 Å². The number of rotatable bonds is 4. The predicted molar refractivity (Wildman–Crippen MR) is 76.2 cm³/mol. The molecule has 1 aliphatic rings. The van der Waals surface area contributed by atoms with E-state index in [0.29, 0.717) is 31.6 Å². The van der Waals surface area contributed by atoms with E-state index in [1.807, 2.05) is 0 Å². The number of nitrogens with zero attached hydrogens (tertiary/aromatic N) is 2. The van der Waals surface area contributed by atoms with Gasteiger partial charge in [-0.2, -0.15) is 4.98 Å². The van der Waals surface area contributed by atoms with Crippen LogP contribution >= 0.6 is 0 Å². The van der Waals surface area contributed by atoms with E-state index in [1.165, 1.54) is 24.3 Å². The Labute approximate surface area is 127 Å². The Morgan fingerprint density at radius 1 is 1.18 bits per heavy atom. The van der Waals surface area contributed by atoms with Crippen molar-refractivity contribution in [3.05, 3.63) is 35.9 Å². The summed E-state index contributed by atoms with van der Waals surface area (Å²) >= 11 is 0. The van der Waals surface area contributed by atoms with Gasteiger partial charge in [-0.25, -0.2) is 12.8 Å². The molecule has 1 saturated heterocycles. The summed E-state index contributed by atoms with van der Waals surface area (Å²) in [5.74, 6) is -0.337. The molecule has 1 aromatic carbocycles. The Morgan fingerprint density at radius 3 is 2.55 bits per heavy atom. The molecule has 0 spiro atoms. The first-order chi connectivity index (χ1) is 10.5. The second-order valence-electron chi connectivity index (χ2n) is 5.14. The Balaban J connectivity index is 1.75. The molecule has 2 heterocycles. The number of hydrogen-bond donors (Lipinski definition) is 0. The van der Waals surface area contributed by atoms with Gasteiger partial charge >= 0.3 is 0 Å². The van der Waals surface area contributed by atoms with Gasteiger partial charge in [0.25, 0.3) is 5.89 Å². The topological polar surface area (TPSA) is 82.3 Å². The van der Waals surface area contributed by atoms with Crippen LogP contribution in [0.3, 0.4) is 0 Å². The van der Waals surface area contributed by atoms with Crippen molar-refractivity contribution in [1.29, 1.82) is 0 Å². The van der Waals surface area contributed by atoms with Crippen molar-refractivity contribution in [2.45, 2.75) is 23.8 Å². The summed E-state index contributed by atoms with van der Waals surface area (Å²) in [6.07, 6.45) is 0.982. The van der Waals surface area contributed by atoms with Gasteiger partial charge in [-0.3, -0.25) is 0 Å². The van der Waals surface area contributed by atoms with Crippen molar-refractivity contribution in [2.24, 2.45) is 0 Å². The third kappa shape index (κ3) is 3.33. The van der Waals surface area contributed by atoms with Gasteiger partial charge in [0.05, 0.1) is 5.25 Å². The molecule has 2 aromatic rings. The summed E-state index contributed by atoms with van der Waals surface area (Å²) in [6.45, 7) is 0.911. The summed E-state index contributed by atoms with van der Waals surface area (Å²) in [5.41, 5.74) is 0.545. The normalized spacial score (nSPS) is 16.8. The molecule has 22 heavy (non-hydrogen) atoms. The van der Waals surface area contributed by atoms with Crippen molar-refractivity contribution >= 4 is 9.84 Å². The number of sulfone groups is 1. The van der Waals surface area contributed by atoms with Crippen molar-refractivity contribution < 1.29 is 22.1 Å². The minimum Gasteiger partial charge on any atom is -0.381 e. The zero-order valence-electron chi connectivity index (χ0n) is 11.7. The first-order valence-electron chi connectivity index (χ1n) is 6.92. The second-order valence-corrected chi connectivity index (χ2v) is 7.42. The molecule has 0 radical (unpaired) electrons. The quantitative estimate of drug-likeness (QED) is 0.854. The summed E-state index contributed by atoms with van der Waals surface area (Å²) in [6, 6.07) is 5.55. The fraction of sp³-hybridized carbons (Fsp3) is 0.429. The third-order valence-corrected chi connectivity index (χ3v) is 5.71. The van der Waals surface area contributed by atoms with Crippen LogP contribution in [-0.2, 0) is 20.3 Å². The average molecular weight is 326 g/mol. The lowest BCUT2D eigenvalue weighted by atomic mass is 10.2. The van der Waals surface area contributed by atoms with Crippen LogP contribution in [0.15, 0.2) is 28.8 Å². The van der Waals surface area contributed by atoms with Crippen LogP contribution in [0.2, 0.25) is 0 Å². The smallest absolute Gasteiger partial charge is 0.257 e. The van der Waals surface area contributed by atoms with Gasteiger partial charge < -0.3 is 9.26 Å². The molecular weight excluding hydrogens is 311 g/mol. The molecule has 118 valence electrons. The largest absolute Gasteiger partial charge is 0.381 e. The molecular formula is C14H15FN2O4S. The predicted octanol–water partition coefficient (Wildman–Crippen LogP) is 1.97. The third-order valence-electron chi connectivity index (χ3n) is 3.57. The Hall–Kier alpha value is -1.80.